The zero-order valence-electron chi connectivity index (χ0n) is 17.5. The zero-order chi connectivity index (χ0) is 22.1. The molecule has 3 aromatic carbocycles. The smallest absolute Gasteiger partial charge is 0.344 e. The van der Waals surface area contributed by atoms with Crippen molar-refractivity contribution in [1.82, 2.24) is 0 Å². The number of carbonyl (C=O) groups excluding carboxylic acids is 1. The maximum atomic E-state index is 12.9. The number of rotatable bonds is 5. The van der Waals surface area contributed by atoms with Gasteiger partial charge in [-0.25, -0.2) is 9.59 Å². The highest BCUT2D eigenvalue weighted by atomic mass is 16.5. The quantitative estimate of drug-likeness (QED) is 0.203. The molecule has 0 aliphatic heterocycles. The van der Waals surface area contributed by atoms with Gasteiger partial charge in [0.2, 0.25) is 5.75 Å². The molecular formula is C24H20O7. The molecule has 0 radical (unpaired) electrons. The van der Waals surface area contributed by atoms with E-state index in [4.69, 9.17) is 23.4 Å². The lowest BCUT2D eigenvalue weighted by Gasteiger charge is -2.14. The SMILES string of the molecule is COc1cc(C(=O)Oc2ccc3c(oc(=O)c4ccccc43)c2C)cc(OC)c1OC. The van der Waals surface area contributed by atoms with Crippen LogP contribution in [-0.4, -0.2) is 27.3 Å². The second kappa shape index (κ2) is 8.02. The summed E-state index contributed by atoms with van der Waals surface area (Å²) in [7, 11) is 4.41. The van der Waals surface area contributed by atoms with Crippen molar-refractivity contribution in [3.8, 4) is 23.0 Å². The molecule has 0 spiro atoms. The van der Waals surface area contributed by atoms with Gasteiger partial charge in [0, 0.05) is 10.9 Å². The molecule has 158 valence electrons. The molecule has 0 fully saturated rings. The predicted molar refractivity (Wildman–Crippen MR) is 116 cm³/mol. The van der Waals surface area contributed by atoms with Crippen LogP contribution < -0.4 is 24.6 Å². The van der Waals surface area contributed by atoms with Crippen LogP contribution >= 0.6 is 0 Å². The third-order valence-corrected chi connectivity index (χ3v) is 5.09. The minimum absolute atomic E-state index is 0.217. The zero-order valence-corrected chi connectivity index (χ0v) is 17.5. The fourth-order valence-electron chi connectivity index (χ4n) is 3.53. The van der Waals surface area contributed by atoms with Crippen LogP contribution in [-0.2, 0) is 0 Å². The average Bonchev–Trinajstić information content (AvgIpc) is 2.80. The molecule has 0 aliphatic rings. The van der Waals surface area contributed by atoms with E-state index in [2.05, 4.69) is 0 Å². The van der Waals surface area contributed by atoms with Crippen LogP contribution in [0.5, 0.6) is 23.0 Å². The first kappa shape index (κ1) is 20.3. The van der Waals surface area contributed by atoms with Crippen LogP contribution in [0.25, 0.3) is 21.7 Å². The van der Waals surface area contributed by atoms with Crippen molar-refractivity contribution in [2.45, 2.75) is 6.92 Å². The number of fused-ring (bicyclic) bond motifs is 3. The highest BCUT2D eigenvalue weighted by Crippen LogP contribution is 2.39. The first-order valence-electron chi connectivity index (χ1n) is 9.45. The van der Waals surface area contributed by atoms with E-state index < -0.39 is 11.6 Å². The van der Waals surface area contributed by atoms with Gasteiger partial charge in [0.1, 0.15) is 11.3 Å². The molecule has 4 rings (SSSR count). The van der Waals surface area contributed by atoms with Gasteiger partial charge in [-0.15, -0.1) is 0 Å². The number of hydrogen-bond donors (Lipinski definition) is 0. The fourth-order valence-corrected chi connectivity index (χ4v) is 3.53. The molecule has 0 unspecified atom stereocenters. The van der Waals surface area contributed by atoms with Gasteiger partial charge >= 0.3 is 11.6 Å². The monoisotopic (exact) mass is 420 g/mol. The van der Waals surface area contributed by atoms with E-state index >= 15 is 0 Å². The Labute approximate surface area is 177 Å². The van der Waals surface area contributed by atoms with Crippen molar-refractivity contribution < 1.29 is 28.2 Å². The molecule has 4 aromatic rings. The van der Waals surface area contributed by atoms with E-state index in [1.165, 1.54) is 33.5 Å². The molecule has 7 nitrogen and oxygen atoms in total. The van der Waals surface area contributed by atoms with Crippen molar-refractivity contribution in [3.63, 3.8) is 0 Å². The lowest BCUT2D eigenvalue weighted by atomic mass is 10.0. The number of esters is 1. The Kier molecular flexibility index (Phi) is 5.25. The molecule has 0 aliphatic carbocycles. The van der Waals surface area contributed by atoms with Crippen LogP contribution in [0.1, 0.15) is 15.9 Å². The summed E-state index contributed by atoms with van der Waals surface area (Å²) < 4.78 is 27.0. The molecular weight excluding hydrogens is 400 g/mol. The maximum Gasteiger partial charge on any atom is 0.344 e. The van der Waals surface area contributed by atoms with Gasteiger partial charge < -0.3 is 23.4 Å². The van der Waals surface area contributed by atoms with Gasteiger partial charge in [0.05, 0.1) is 32.3 Å². The van der Waals surface area contributed by atoms with Crippen molar-refractivity contribution in [2.24, 2.45) is 0 Å². The molecule has 1 heterocycles. The fraction of sp³-hybridized carbons (Fsp3) is 0.167. The number of benzene rings is 3. The number of aryl methyl sites for hydroxylation is 1. The Hall–Kier alpha value is -4.00. The summed E-state index contributed by atoms with van der Waals surface area (Å²) in [5.41, 5.74) is 0.688. The van der Waals surface area contributed by atoms with Crippen LogP contribution in [0.4, 0.5) is 0 Å². The van der Waals surface area contributed by atoms with Crippen LogP contribution in [0.2, 0.25) is 0 Å². The predicted octanol–water partition coefficient (Wildman–Crippen LogP) is 4.50. The summed E-state index contributed by atoms with van der Waals surface area (Å²) in [5.74, 6) is 0.703. The molecule has 0 saturated carbocycles. The molecule has 7 heteroatoms. The van der Waals surface area contributed by atoms with E-state index in [0.29, 0.717) is 33.8 Å². The largest absolute Gasteiger partial charge is 0.493 e. The van der Waals surface area contributed by atoms with Gasteiger partial charge in [-0.1, -0.05) is 18.2 Å². The minimum Gasteiger partial charge on any atom is -0.493 e. The van der Waals surface area contributed by atoms with Crippen molar-refractivity contribution in [1.29, 1.82) is 0 Å². The highest BCUT2D eigenvalue weighted by Gasteiger charge is 2.20. The van der Waals surface area contributed by atoms with Gasteiger partial charge in [-0.05, 0) is 42.6 Å². The van der Waals surface area contributed by atoms with Gasteiger partial charge in [0.15, 0.2) is 11.5 Å². The Morgan fingerprint density at radius 3 is 2.06 bits per heavy atom. The Morgan fingerprint density at radius 2 is 1.45 bits per heavy atom. The minimum atomic E-state index is -0.621. The first-order chi connectivity index (χ1) is 15.0. The summed E-state index contributed by atoms with van der Waals surface area (Å²) in [6.07, 6.45) is 0. The summed E-state index contributed by atoms with van der Waals surface area (Å²) in [5, 5.41) is 2.04. The summed E-state index contributed by atoms with van der Waals surface area (Å²) >= 11 is 0. The van der Waals surface area contributed by atoms with E-state index in [-0.39, 0.29) is 11.3 Å². The molecule has 0 N–H and O–H groups in total. The van der Waals surface area contributed by atoms with Gasteiger partial charge in [-0.3, -0.25) is 0 Å². The molecule has 0 atom stereocenters. The Bertz CT molecular complexity index is 1340. The molecule has 0 saturated heterocycles. The second-order valence-corrected chi connectivity index (χ2v) is 6.80. The third-order valence-electron chi connectivity index (χ3n) is 5.09. The molecule has 31 heavy (non-hydrogen) atoms. The van der Waals surface area contributed by atoms with Crippen LogP contribution in [0.15, 0.2) is 57.7 Å². The molecule has 1 aromatic heterocycles. The van der Waals surface area contributed by atoms with E-state index in [1.807, 2.05) is 12.1 Å². The lowest BCUT2D eigenvalue weighted by molar-refractivity contribution is 0.0732. The summed E-state index contributed by atoms with van der Waals surface area (Å²) in [6, 6.07) is 13.7. The summed E-state index contributed by atoms with van der Waals surface area (Å²) in [6.45, 7) is 1.73. The average molecular weight is 420 g/mol. The molecule has 0 amide bonds. The first-order valence-corrected chi connectivity index (χ1v) is 9.45. The number of methoxy groups -OCH3 is 3. The molecule has 0 bridgehead atoms. The number of carbonyl (C=O) groups is 1. The van der Waals surface area contributed by atoms with E-state index in [0.717, 1.165) is 10.8 Å². The van der Waals surface area contributed by atoms with Gasteiger partial charge in [-0.2, -0.15) is 0 Å². The number of ether oxygens (including phenoxy) is 4. The van der Waals surface area contributed by atoms with E-state index in [9.17, 15) is 9.59 Å². The van der Waals surface area contributed by atoms with Crippen molar-refractivity contribution in [2.75, 3.05) is 21.3 Å². The van der Waals surface area contributed by atoms with Crippen molar-refractivity contribution in [3.05, 3.63) is 70.1 Å². The Balaban J connectivity index is 1.77. The lowest BCUT2D eigenvalue weighted by Crippen LogP contribution is -2.11. The maximum absolute atomic E-state index is 12.9. The second-order valence-electron chi connectivity index (χ2n) is 6.80. The van der Waals surface area contributed by atoms with E-state index in [1.54, 1.807) is 31.2 Å². The normalized spacial score (nSPS) is 10.8. The van der Waals surface area contributed by atoms with Gasteiger partial charge in [0.25, 0.3) is 0 Å². The Morgan fingerprint density at radius 1 is 0.806 bits per heavy atom. The topological polar surface area (TPSA) is 84.2 Å². The standard InChI is InChI=1S/C24H20O7/c1-13-18(10-9-16-15-7-5-6-8-17(15)24(26)31-21(13)16)30-23(25)14-11-19(27-2)22(29-4)20(12-14)28-3/h5-12H,1-4H3. The number of hydrogen-bond acceptors (Lipinski definition) is 7. The van der Waals surface area contributed by atoms with Crippen molar-refractivity contribution >= 4 is 27.7 Å². The highest BCUT2D eigenvalue weighted by molar-refractivity contribution is 6.05. The third kappa shape index (κ3) is 3.44. The van der Waals surface area contributed by atoms with Crippen LogP contribution in [0.3, 0.4) is 0 Å². The summed E-state index contributed by atoms with van der Waals surface area (Å²) in [4.78, 5) is 25.2. The van der Waals surface area contributed by atoms with Crippen LogP contribution in [0, 0.1) is 6.92 Å².